The maximum absolute atomic E-state index is 12.6. The van der Waals surface area contributed by atoms with Crippen LogP contribution in [0.2, 0.25) is 0 Å². The predicted molar refractivity (Wildman–Crippen MR) is 105 cm³/mol. The summed E-state index contributed by atoms with van der Waals surface area (Å²) in [6, 6.07) is 3.88. The summed E-state index contributed by atoms with van der Waals surface area (Å²) in [5.74, 6) is 2.67. The van der Waals surface area contributed by atoms with Crippen molar-refractivity contribution in [1.29, 1.82) is 0 Å². The lowest BCUT2D eigenvalue weighted by atomic mass is 9.99. The van der Waals surface area contributed by atoms with Gasteiger partial charge in [0.1, 0.15) is 11.6 Å². The number of piperidine rings is 1. The largest absolute Gasteiger partial charge is 0.353 e. The molecule has 1 amide bonds. The van der Waals surface area contributed by atoms with Gasteiger partial charge in [-0.05, 0) is 30.9 Å². The Morgan fingerprint density at radius 1 is 0.889 bits per heavy atom. The van der Waals surface area contributed by atoms with Crippen LogP contribution in [0.5, 0.6) is 0 Å². The SMILES string of the molecule is CC1CCN(C(=O)c2ccc(N3CCN(c4cnccn4)CC3)nc2)CC1. The minimum absolute atomic E-state index is 0.105. The summed E-state index contributed by atoms with van der Waals surface area (Å²) in [6.07, 6.45) is 9.13. The van der Waals surface area contributed by atoms with E-state index in [2.05, 4.69) is 31.7 Å². The van der Waals surface area contributed by atoms with Crippen LogP contribution >= 0.6 is 0 Å². The van der Waals surface area contributed by atoms with E-state index in [1.807, 2.05) is 17.0 Å². The topological polar surface area (TPSA) is 65.5 Å². The fourth-order valence-electron chi connectivity index (χ4n) is 3.71. The van der Waals surface area contributed by atoms with Gasteiger partial charge in [-0.3, -0.25) is 9.78 Å². The van der Waals surface area contributed by atoms with Crippen molar-refractivity contribution in [3.05, 3.63) is 42.5 Å². The van der Waals surface area contributed by atoms with Crippen molar-refractivity contribution >= 4 is 17.5 Å². The highest BCUT2D eigenvalue weighted by molar-refractivity contribution is 5.94. The highest BCUT2D eigenvalue weighted by atomic mass is 16.2. The van der Waals surface area contributed by atoms with E-state index in [9.17, 15) is 4.79 Å². The summed E-state index contributed by atoms with van der Waals surface area (Å²) in [4.78, 5) is 32.2. The Morgan fingerprint density at radius 3 is 2.19 bits per heavy atom. The highest BCUT2D eigenvalue weighted by Gasteiger charge is 2.23. The smallest absolute Gasteiger partial charge is 0.255 e. The van der Waals surface area contributed by atoms with E-state index in [1.54, 1.807) is 24.8 Å². The lowest BCUT2D eigenvalue weighted by Gasteiger charge is -2.36. The van der Waals surface area contributed by atoms with E-state index in [4.69, 9.17) is 0 Å². The van der Waals surface area contributed by atoms with Gasteiger partial charge in [-0.2, -0.15) is 0 Å². The molecule has 2 aliphatic heterocycles. The van der Waals surface area contributed by atoms with Gasteiger partial charge in [0.25, 0.3) is 5.91 Å². The van der Waals surface area contributed by atoms with Gasteiger partial charge in [0.2, 0.25) is 0 Å². The monoisotopic (exact) mass is 366 g/mol. The van der Waals surface area contributed by atoms with Gasteiger partial charge in [-0.15, -0.1) is 0 Å². The summed E-state index contributed by atoms with van der Waals surface area (Å²) >= 11 is 0. The minimum Gasteiger partial charge on any atom is -0.353 e. The Morgan fingerprint density at radius 2 is 1.59 bits per heavy atom. The average molecular weight is 366 g/mol. The Labute approximate surface area is 160 Å². The Kier molecular flexibility index (Phi) is 5.18. The van der Waals surface area contributed by atoms with Gasteiger partial charge in [0.05, 0.1) is 11.8 Å². The van der Waals surface area contributed by atoms with E-state index in [-0.39, 0.29) is 5.91 Å². The molecule has 0 aliphatic carbocycles. The number of aromatic nitrogens is 3. The number of piperazine rings is 1. The molecule has 0 atom stereocenters. The standard InChI is InChI=1S/C20H26N6O/c1-16-4-8-26(9-5-16)20(27)17-2-3-18(23-14-17)24-10-12-25(13-11-24)19-15-21-6-7-22-19/h2-3,6-7,14-16H,4-5,8-13H2,1H3. The van der Waals surface area contributed by atoms with Gasteiger partial charge >= 0.3 is 0 Å². The molecule has 0 N–H and O–H groups in total. The maximum Gasteiger partial charge on any atom is 0.255 e. The molecule has 7 nitrogen and oxygen atoms in total. The second kappa shape index (κ2) is 7.90. The molecule has 2 aliphatic rings. The predicted octanol–water partition coefficient (Wildman–Crippen LogP) is 2.07. The van der Waals surface area contributed by atoms with E-state index in [0.717, 1.165) is 69.7 Å². The van der Waals surface area contributed by atoms with Crippen LogP contribution in [0.4, 0.5) is 11.6 Å². The molecule has 7 heteroatoms. The average Bonchev–Trinajstić information content (AvgIpc) is 2.75. The second-order valence-corrected chi connectivity index (χ2v) is 7.42. The van der Waals surface area contributed by atoms with Crippen LogP contribution in [0.15, 0.2) is 36.9 Å². The van der Waals surface area contributed by atoms with Crippen molar-refractivity contribution in [3.8, 4) is 0 Å². The number of anilines is 2. The third-order valence-electron chi connectivity index (χ3n) is 5.54. The van der Waals surface area contributed by atoms with Crippen LogP contribution in [-0.2, 0) is 0 Å². The molecule has 0 aromatic carbocycles. The summed E-state index contributed by atoms with van der Waals surface area (Å²) in [5, 5.41) is 0. The zero-order valence-electron chi connectivity index (χ0n) is 15.8. The molecule has 0 saturated carbocycles. The number of amides is 1. The van der Waals surface area contributed by atoms with E-state index in [0.29, 0.717) is 5.56 Å². The van der Waals surface area contributed by atoms with Gasteiger partial charge in [-0.1, -0.05) is 6.92 Å². The number of rotatable bonds is 3. The number of nitrogens with zero attached hydrogens (tertiary/aromatic N) is 6. The third-order valence-corrected chi connectivity index (χ3v) is 5.54. The first-order chi connectivity index (χ1) is 13.2. The molecule has 0 radical (unpaired) electrons. The Bertz CT molecular complexity index is 750. The van der Waals surface area contributed by atoms with Gasteiger partial charge in [0.15, 0.2) is 0 Å². The van der Waals surface area contributed by atoms with E-state index < -0.39 is 0 Å². The maximum atomic E-state index is 12.6. The van der Waals surface area contributed by atoms with E-state index >= 15 is 0 Å². The van der Waals surface area contributed by atoms with Crippen molar-refractivity contribution in [2.24, 2.45) is 5.92 Å². The zero-order valence-corrected chi connectivity index (χ0v) is 15.8. The first-order valence-electron chi connectivity index (χ1n) is 9.72. The molecular weight excluding hydrogens is 340 g/mol. The number of hydrogen-bond acceptors (Lipinski definition) is 6. The van der Waals surface area contributed by atoms with Gasteiger partial charge < -0.3 is 14.7 Å². The number of carbonyl (C=O) groups excluding carboxylic acids is 1. The van der Waals surface area contributed by atoms with Crippen molar-refractivity contribution in [1.82, 2.24) is 19.9 Å². The number of likely N-dealkylation sites (tertiary alicyclic amines) is 1. The van der Waals surface area contributed by atoms with Crippen LogP contribution < -0.4 is 9.80 Å². The first kappa shape index (κ1) is 17.7. The molecule has 0 bridgehead atoms. The molecule has 4 heterocycles. The molecular formula is C20H26N6O. The fourth-order valence-corrected chi connectivity index (χ4v) is 3.71. The molecule has 2 aromatic heterocycles. The minimum atomic E-state index is 0.105. The highest BCUT2D eigenvalue weighted by Crippen LogP contribution is 2.20. The van der Waals surface area contributed by atoms with Crippen LogP contribution in [0.25, 0.3) is 0 Å². The lowest BCUT2D eigenvalue weighted by Crippen LogP contribution is -2.47. The normalized spacial score (nSPS) is 18.6. The quantitative estimate of drug-likeness (QED) is 0.829. The first-order valence-corrected chi connectivity index (χ1v) is 9.72. The molecule has 142 valence electrons. The van der Waals surface area contributed by atoms with Crippen molar-refractivity contribution < 1.29 is 4.79 Å². The number of carbonyl (C=O) groups is 1. The van der Waals surface area contributed by atoms with Gasteiger partial charge in [0, 0.05) is 57.9 Å². The summed E-state index contributed by atoms with van der Waals surface area (Å²) in [7, 11) is 0. The van der Waals surface area contributed by atoms with Crippen LogP contribution in [0, 0.1) is 5.92 Å². The Balaban J connectivity index is 1.35. The second-order valence-electron chi connectivity index (χ2n) is 7.42. The molecule has 2 fully saturated rings. The lowest BCUT2D eigenvalue weighted by molar-refractivity contribution is 0.0697. The van der Waals surface area contributed by atoms with Crippen LogP contribution in [0.1, 0.15) is 30.1 Å². The third kappa shape index (κ3) is 4.02. The van der Waals surface area contributed by atoms with Crippen LogP contribution in [-0.4, -0.2) is 65.0 Å². The number of pyridine rings is 1. The molecule has 2 saturated heterocycles. The summed E-state index contributed by atoms with van der Waals surface area (Å²) in [6.45, 7) is 7.47. The number of hydrogen-bond donors (Lipinski definition) is 0. The fraction of sp³-hybridized carbons (Fsp3) is 0.500. The van der Waals surface area contributed by atoms with Crippen molar-refractivity contribution in [2.45, 2.75) is 19.8 Å². The van der Waals surface area contributed by atoms with Crippen molar-refractivity contribution in [2.75, 3.05) is 49.1 Å². The zero-order chi connectivity index (χ0) is 18.6. The van der Waals surface area contributed by atoms with E-state index in [1.165, 1.54) is 0 Å². The molecule has 2 aromatic rings. The molecule has 27 heavy (non-hydrogen) atoms. The van der Waals surface area contributed by atoms with Crippen LogP contribution in [0.3, 0.4) is 0 Å². The molecule has 4 rings (SSSR count). The van der Waals surface area contributed by atoms with Crippen molar-refractivity contribution in [3.63, 3.8) is 0 Å². The summed E-state index contributed by atoms with van der Waals surface area (Å²) in [5.41, 5.74) is 0.687. The Hall–Kier alpha value is -2.70. The van der Waals surface area contributed by atoms with Gasteiger partial charge in [-0.25, -0.2) is 9.97 Å². The molecule has 0 spiro atoms. The molecule has 0 unspecified atom stereocenters. The summed E-state index contributed by atoms with van der Waals surface area (Å²) < 4.78 is 0.